The standard InChI is InChI=1S/C13H16BrF3N2O2S/c1-12(2,3)22(21)19-13(6-7-20,11(16)17)10-8(15)4-5-9(14)18-10/h4-5,7,11,19H,6H2,1-3H3/t13-,22+/m1/s1. The van der Waals surface area contributed by atoms with Crippen LogP contribution in [0.2, 0.25) is 0 Å². The van der Waals surface area contributed by atoms with E-state index >= 15 is 0 Å². The molecule has 0 bridgehead atoms. The van der Waals surface area contributed by atoms with Crippen molar-refractivity contribution >= 4 is 33.2 Å². The molecule has 0 saturated heterocycles. The van der Waals surface area contributed by atoms with Gasteiger partial charge < -0.3 is 4.79 Å². The Bertz CT molecular complexity index is 581. The number of alkyl halides is 2. The quantitative estimate of drug-likeness (QED) is 0.589. The number of nitrogens with zero attached hydrogens (tertiary/aromatic N) is 1. The Morgan fingerprint density at radius 2 is 2.00 bits per heavy atom. The molecule has 0 fully saturated rings. The van der Waals surface area contributed by atoms with E-state index in [1.807, 2.05) is 0 Å². The topological polar surface area (TPSA) is 59.1 Å². The lowest BCUT2D eigenvalue weighted by Gasteiger charge is -2.34. The van der Waals surface area contributed by atoms with Crippen molar-refractivity contribution < 1.29 is 22.2 Å². The van der Waals surface area contributed by atoms with E-state index in [0.717, 1.165) is 6.07 Å². The van der Waals surface area contributed by atoms with Crippen molar-refractivity contribution in [3.63, 3.8) is 0 Å². The van der Waals surface area contributed by atoms with Crippen LogP contribution in [0.15, 0.2) is 16.7 Å². The zero-order valence-corrected chi connectivity index (χ0v) is 14.6. The van der Waals surface area contributed by atoms with Crippen molar-refractivity contribution in [1.82, 2.24) is 9.71 Å². The molecule has 1 N–H and O–H groups in total. The van der Waals surface area contributed by atoms with E-state index in [1.165, 1.54) is 6.07 Å². The second kappa shape index (κ2) is 7.18. The molecule has 1 heterocycles. The molecule has 0 aliphatic rings. The Kier molecular flexibility index (Phi) is 6.28. The molecule has 0 aliphatic carbocycles. The van der Waals surface area contributed by atoms with Crippen LogP contribution in [-0.4, -0.2) is 26.7 Å². The van der Waals surface area contributed by atoms with Gasteiger partial charge in [0.15, 0.2) is 0 Å². The summed E-state index contributed by atoms with van der Waals surface area (Å²) in [5, 5.41) is 0. The first-order valence-electron chi connectivity index (χ1n) is 6.28. The Labute approximate surface area is 137 Å². The van der Waals surface area contributed by atoms with Crippen LogP contribution in [0.1, 0.15) is 32.9 Å². The van der Waals surface area contributed by atoms with E-state index in [1.54, 1.807) is 20.8 Å². The third-order valence-corrected chi connectivity index (χ3v) is 4.95. The number of halogens is 4. The molecule has 1 aromatic rings. The first kappa shape index (κ1) is 19.2. The number of pyridine rings is 1. The number of carbonyl (C=O) groups excluding carboxylic acids is 1. The van der Waals surface area contributed by atoms with Gasteiger partial charge in [-0.15, -0.1) is 0 Å². The van der Waals surface area contributed by atoms with Gasteiger partial charge in [-0.1, -0.05) is 0 Å². The minimum Gasteiger partial charge on any atom is -0.303 e. The predicted octanol–water partition coefficient (Wildman–Crippen LogP) is 3.08. The molecule has 0 spiro atoms. The highest BCUT2D eigenvalue weighted by atomic mass is 79.9. The Balaban J connectivity index is 3.48. The highest BCUT2D eigenvalue weighted by Gasteiger charge is 2.47. The van der Waals surface area contributed by atoms with Crippen LogP contribution in [0.25, 0.3) is 0 Å². The maximum atomic E-state index is 14.0. The van der Waals surface area contributed by atoms with E-state index < -0.39 is 45.6 Å². The normalized spacial score (nSPS) is 16.4. The van der Waals surface area contributed by atoms with E-state index in [2.05, 4.69) is 25.6 Å². The molecular formula is C13H16BrF3N2O2S. The summed E-state index contributed by atoms with van der Waals surface area (Å²) in [6.07, 6.45) is -3.74. The fourth-order valence-electron chi connectivity index (χ4n) is 1.60. The highest BCUT2D eigenvalue weighted by Crippen LogP contribution is 2.34. The lowest BCUT2D eigenvalue weighted by molar-refractivity contribution is -0.111. The van der Waals surface area contributed by atoms with E-state index in [4.69, 9.17) is 0 Å². The average Bonchev–Trinajstić information content (AvgIpc) is 2.39. The number of rotatable bonds is 6. The second-order valence-corrected chi connectivity index (χ2v) is 8.37. The summed E-state index contributed by atoms with van der Waals surface area (Å²) in [7, 11) is -1.96. The van der Waals surface area contributed by atoms with Gasteiger partial charge in [0, 0.05) is 6.42 Å². The molecule has 1 rings (SSSR count). The third-order valence-electron chi connectivity index (χ3n) is 2.84. The Hall–Kier alpha value is -0.800. The Morgan fingerprint density at radius 1 is 1.41 bits per heavy atom. The lowest BCUT2D eigenvalue weighted by Crippen LogP contribution is -2.53. The molecule has 4 nitrogen and oxygen atoms in total. The van der Waals surface area contributed by atoms with Crippen molar-refractivity contribution in [2.45, 2.75) is 43.9 Å². The fraction of sp³-hybridized carbons (Fsp3) is 0.538. The van der Waals surface area contributed by atoms with Crippen molar-refractivity contribution in [3.05, 3.63) is 28.2 Å². The molecule has 0 radical (unpaired) electrons. The first-order chi connectivity index (χ1) is 10.0. The van der Waals surface area contributed by atoms with Crippen LogP contribution in [0.4, 0.5) is 13.2 Å². The highest BCUT2D eigenvalue weighted by molar-refractivity contribution is 9.10. The zero-order valence-electron chi connectivity index (χ0n) is 12.2. The van der Waals surface area contributed by atoms with Gasteiger partial charge in [0.2, 0.25) is 0 Å². The van der Waals surface area contributed by atoms with Gasteiger partial charge in [0.1, 0.15) is 27.9 Å². The number of nitrogens with one attached hydrogen (secondary N) is 1. The predicted molar refractivity (Wildman–Crippen MR) is 81.3 cm³/mol. The fourth-order valence-corrected chi connectivity index (χ4v) is 2.82. The summed E-state index contributed by atoms with van der Waals surface area (Å²) in [5.41, 5.74) is -3.12. The molecule has 0 amide bonds. The van der Waals surface area contributed by atoms with Crippen molar-refractivity contribution in [2.75, 3.05) is 0 Å². The first-order valence-corrected chi connectivity index (χ1v) is 8.23. The number of hydrogen-bond donors (Lipinski definition) is 1. The average molecular weight is 401 g/mol. The van der Waals surface area contributed by atoms with Crippen LogP contribution < -0.4 is 4.72 Å². The number of carbonyl (C=O) groups is 1. The number of aromatic nitrogens is 1. The summed E-state index contributed by atoms with van der Waals surface area (Å²) in [6, 6.07) is 2.20. The van der Waals surface area contributed by atoms with Crippen molar-refractivity contribution in [2.24, 2.45) is 0 Å². The summed E-state index contributed by atoms with van der Waals surface area (Å²) < 4.78 is 55.1. The minimum absolute atomic E-state index is 0.128. The smallest absolute Gasteiger partial charge is 0.263 e. The molecule has 1 aromatic heterocycles. The van der Waals surface area contributed by atoms with E-state index in [0.29, 0.717) is 0 Å². The summed E-state index contributed by atoms with van der Waals surface area (Å²) in [5.74, 6) is -1.01. The van der Waals surface area contributed by atoms with Gasteiger partial charge in [-0.05, 0) is 48.8 Å². The SMILES string of the molecule is CC(C)(C)[S@](=O)N[C@](CC=O)(c1nc(Br)ccc1F)C(F)F. The van der Waals surface area contributed by atoms with Gasteiger partial charge >= 0.3 is 0 Å². The minimum atomic E-state index is -3.19. The van der Waals surface area contributed by atoms with Gasteiger partial charge in [-0.2, -0.15) is 0 Å². The third kappa shape index (κ3) is 4.14. The number of aldehydes is 1. The Morgan fingerprint density at radius 3 is 2.45 bits per heavy atom. The van der Waals surface area contributed by atoms with Crippen LogP contribution in [-0.2, 0) is 21.3 Å². The molecule has 0 aromatic carbocycles. The van der Waals surface area contributed by atoms with Gasteiger partial charge in [-0.25, -0.2) is 27.1 Å². The summed E-state index contributed by atoms with van der Waals surface area (Å²) in [4.78, 5) is 14.6. The molecular weight excluding hydrogens is 385 g/mol. The molecule has 0 saturated carbocycles. The van der Waals surface area contributed by atoms with Crippen LogP contribution in [0, 0.1) is 5.82 Å². The molecule has 2 atom stereocenters. The molecule has 0 unspecified atom stereocenters. The van der Waals surface area contributed by atoms with E-state index in [9.17, 15) is 22.2 Å². The lowest BCUT2D eigenvalue weighted by atomic mass is 9.92. The van der Waals surface area contributed by atoms with Crippen LogP contribution in [0.5, 0.6) is 0 Å². The molecule has 124 valence electrons. The monoisotopic (exact) mass is 400 g/mol. The van der Waals surface area contributed by atoms with Gasteiger partial charge in [-0.3, -0.25) is 0 Å². The molecule has 0 aliphatic heterocycles. The summed E-state index contributed by atoms with van der Waals surface area (Å²) in [6.45, 7) is 4.70. The van der Waals surface area contributed by atoms with Crippen molar-refractivity contribution in [1.29, 1.82) is 0 Å². The van der Waals surface area contributed by atoms with Crippen molar-refractivity contribution in [3.8, 4) is 0 Å². The van der Waals surface area contributed by atoms with Crippen LogP contribution in [0.3, 0.4) is 0 Å². The molecule has 9 heteroatoms. The van der Waals surface area contributed by atoms with E-state index in [-0.39, 0.29) is 10.9 Å². The maximum absolute atomic E-state index is 14.0. The maximum Gasteiger partial charge on any atom is 0.263 e. The van der Waals surface area contributed by atoms with Gasteiger partial charge in [0.05, 0.1) is 15.7 Å². The largest absolute Gasteiger partial charge is 0.303 e. The molecule has 22 heavy (non-hydrogen) atoms. The number of hydrogen-bond acceptors (Lipinski definition) is 3. The van der Waals surface area contributed by atoms with Gasteiger partial charge in [0.25, 0.3) is 6.43 Å². The summed E-state index contributed by atoms with van der Waals surface area (Å²) >= 11 is 2.98. The van der Waals surface area contributed by atoms with Crippen LogP contribution >= 0.6 is 15.9 Å². The zero-order chi connectivity index (χ0) is 17.1. The second-order valence-electron chi connectivity index (χ2n) is 5.59.